The minimum absolute atomic E-state index is 0.00840. The van der Waals surface area contributed by atoms with Crippen molar-refractivity contribution in [2.24, 2.45) is 17.8 Å². The first kappa shape index (κ1) is 30.7. The average molecular weight is 596 g/mol. The second kappa shape index (κ2) is 11.7. The second-order valence-electron chi connectivity index (χ2n) is 12.5. The van der Waals surface area contributed by atoms with Crippen LogP contribution in [0.2, 0.25) is 0 Å². The first-order valence-corrected chi connectivity index (χ1v) is 16.2. The van der Waals surface area contributed by atoms with Gasteiger partial charge in [-0.3, -0.25) is 14.4 Å². The molecule has 1 aromatic rings. The molecule has 0 aromatic heterocycles. The van der Waals surface area contributed by atoms with Crippen molar-refractivity contribution in [3.05, 3.63) is 48.6 Å². The average Bonchev–Trinajstić information content (AvgIpc) is 3.21. The molecule has 7 atom stereocenters. The SMILES string of the molecule is CCCC(C)N1CC=C[C@]23S[C@]4(C)C=CCN(c5ccc(OCC)cc5)C(=O)[C@@H]4[C@H]2C(=O)N([C@@H](CO)C(C)C)C3C1=O. The minimum Gasteiger partial charge on any atom is -0.494 e. The van der Waals surface area contributed by atoms with Gasteiger partial charge in [0.25, 0.3) is 0 Å². The highest BCUT2D eigenvalue weighted by atomic mass is 32.2. The number of carbonyl (C=O) groups excluding carboxylic acids is 3. The maximum absolute atomic E-state index is 14.7. The number of nitrogens with zero attached hydrogens (tertiary/aromatic N) is 3. The Balaban J connectivity index is 1.62. The summed E-state index contributed by atoms with van der Waals surface area (Å²) >= 11 is 1.58. The quantitative estimate of drug-likeness (QED) is 0.429. The van der Waals surface area contributed by atoms with Gasteiger partial charge in [0, 0.05) is 29.6 Å². The van der Waals surface area contributed by atoms with Gasteiger partial charge in [-0.25, -0.2) is 0 Å². The number of amides is 3. The van der Waals surface area contributed by atoms with Crippen molar-refractivity contribution in [2.45, 2.75) is 82.0 Å². The number of thioether (sulfide) groups is 1. The predicted octanol–water partition coefficient (Wildman–Crippen LogP) is 4.28. The molecule has 9 heteroatoms. The largest absolute Gasteiger partial charge is 0.494 e. The normalized spacial score (nSPS) is 32.0. The zero-order valence-corrected chi connectivity index (χ0v) is 26.5. The number of aliphatic hydroxyl groups excluding tert-OH is 1. The van der Waals surface area contributed by atoms with E-state index in [2.05, 4.69) is 26.0 Å². The fourth-order valence-electron chi connectivity index (χ4n) is 7.55. The van der Waals surface area contributed by atoms with Gasteiger partial charge in [-0.05, 0) is 57.4 Å². The molecule has 2 saturated heterocycles. The number of likely N-dealkylation sites (tertiary alicyclic amines) is 1. The zero-order chi connectivity index (χ0) is 30.4. The Morgan fingerprint density at radius 2 is 1.67 bits per heavy atom. The summed E-state index contributed by atoms with van der Waals surface area (Å²) in [7, 11) is 0. The van der Waals surface area contributed by atoms with Crippen LogP contribution < -0.4 is 9.64 Å². The number of hydrogen-bond acceptors (Lipinski definition) is 6. The van der Waals surface area contributed by atoms with Gasteiger partial charge >= 0.3 is 0 Å². The molecule has 4 aliphatic rings. The van der Waals surface area contributed by atoms with Crippen LogP contribution in [0.1, 0.15) is 54.4 Å². The smallest absolute Gasteiger partial charge is 0.247 e. The Morgan fingerprint density at radius 1 is 0.976 bits per heavy atom. The maximum Gasteiger partial charge on any atom is 0.247 e. The number of hydrogen-bond donors (Lipinski definition) is 1. The summed E-state index contributed by atoms with van der Waals surface area (Å²) in [5, 5.41) is 10.5. The molecule has 0 bridgehead atoms. The van der Waals surface area contributed by atoms with E-state index in [1.54, 1.807) is 21.6 Å². The molecule has 2 fully saturated rings. The molecule has 4 heterocycles. The second-order valence-corrected chi connectivity index (χ2v) is 14.3. The van der Waals surface area contributed by atoms with Crippen LogP contribution in [-0.4, -0.2) is 86.6 Å². The lowest BCUT2D eigenvalue weighted by molar-refractivity contribution is -0.147. The van der Waals surface area contributed by atoms with Gasteiger partial charge in [-0.15, -0.1) is 11.8 Å². The van der Waals surface area contributed by atoms with Crippen molar-refractivity contribution in [1.82, 2.24) is 9.80 Å². The molecule has 1 N–H and O–H groups in total. The molecule has 0 saturated carbocycles. The zero-order valence-electron chi connectivity index (χ0n) is 25.7. The standard InChI is InChI=1S/C33H45N3O5S/c1-7-11-22(5)34-18-10-17-33-27(30(39)36(28(33)31(34)40)25(20-37)21(3)4)26-29(38)35(19-9-16-32(26,6)42-33)23-12-14-24(15-13-23)41-8-2/h9-10,12-17,21-22,25-28,37H,7-8,11,18-20H2,1-6H3/t22?,25-,26-,27-,28?,32+,33-/m0/s1. The molecular formula is C33H45N3O5S. The highest BCUT2D eigenvalue weighted by Crippen LogP contribution is 2.66. The van der Waals surface area contributed by atoms with E-state index in [9.17, 15) is 19.5 Å². The molecule has 228 valence electrons. The van der Waals surface area contributed by atoms with Crippen molar-refractivity contribution >= 4 is 35.2 Å². The van der Waals surface area contributed by atoms with Gasteiger partial charge < -0.3 is 24.5 Å². The van der Waals surface area contributed by atoms with Crippen molar-refractivity contribution in [2.75, 3.05) is 31.2 Å². The molecule has 0 aliphatic carbocycles. The Kier molecular flexibility index (Phi) is 8.56. The summed E-state index contributed by atoms with van der Waals surface area (Å²) in [6, 6.07) is 6.15. The first-order valence-electron chi connectivity index (χ1n) is 15.4. The van der Waals surface area contributed by atoms with E-state index in [4.69, 9.17) is 4.74 Å². The van der Waals surface area contributed by atoms with E-state index >= 15 is 0 Å². The summed E-state index contributed by atoms with van der Waals surface area (Å²) < 4.78 is 3.98. The Bertz CT molecular complexity index is 1260. The number of anilines is 1. The van der Waals surface area contributed by atoms with E-state index in [0.29, 0.717) is 19.7 Å². The van der Waals surface area contributed by atoms with Crippen molar-refractivity contribution in [1.29, 1.82) is 0 Å². The highest BCUT2D eigenvalue weighted by molar-refractivity contribution is 8.02. The van der Waals surface area contributed by atoms with Crippen molar-refractivity contribution in [3.63, 3.8) is 0 Å². The van der Waals surface area contributed by atoms with E-state index in [1.165, 1.54) is 0 Å². The number of rotatable bonds is 9. The molecule has 3 amide bonds. The molecule has 2 unspecified atom stereocenters. The monoisotopic (exact) mass is 595 g/mol. The van der Waals surface area contributed by atoms with Gasteiger partial charge in [0.1, 0.15) is 11.8 Å². The number of aliphatic hydroxyl groups is 1. The summed E-state index contributed by atoms with van der Waals surface area (Å²) in [4.78, 5) is 49.2. The molecule has 42 heavy (non-hydrogen) atoms. The summed E-state index contributed by atoms with van der Waals surface area (Å²) in [5.41, 5.74) is 0.740. The van der Waals surface area contributed by atoms with E-state index in [-0.39, 0.29) is 36.3 Å². The summed E-state index contributed by atoms with van der Waals surface area (Å²) in [5.74, 6) is -1.20. The van der Waals surface area contributed by atoms with Crippen molar-refractivity contribution < 1.29 is 24.2 Å². The fourth-order valence-corrected chi connectivity index (χ4v) is 9.69. The number of fused-ring (bicyclic) bond motifs is 2. The Morgan fingerprint density at radius 3 is 2.29 bits per heavy atom. The number of carbonyl (C=O) groups is 3. The topological polar surface area (TPSA) is 90.4 Å². The molecule has 8 nitrogen and oxygen atoms in total. The molecule has 0 radical (unpaired) electrons. The van der Waals surface area contributed by atoms with Crippen LogP contribution in [0.15, 0.2) is 48.6 Å². The minimum atomic E-state index is -0.932. The van der Waals surface area contributed by atoms with E-state index < -0.39 is 33.4 Å². The van der Waals surface area contributed by atoms with E-state index in [0.717, 1.165) is 24.3 Å². The first-order chi connectivity index (χ1) is 20.0. The summed E-state index contributed by atoms with van der Waals surface area (Å²) in [6.45, 7) is 13.2. The van der Waals surface area contributed by atoms with Gasteiger partial charge in [-0.2, -0.15) is 0 Å². The van der Waals surface area contributed by atoms with Gasteiger partial charge in [-0.1, -0.05) is 51.5 Å². The lowest BCUT2D eigenvalue weighted by atomic mass is 9.74. The summed E-state index contributed by atoms with van der Waals surface area (Å²) in [6.07, 6.45) is 9.96. The fraction of sp³-hybridized carbons (Fsp3) is 0.606. The molecule has 5 rings (SSSR count). The van der Waals surface area contributed by atoms with Crippen LogP contribution in [0.5, 0.6) is 5.75 Å². The maximum atomic E-state index is 14.7. The third kappa shape index (κ3) is 4.77. The van der Waals surface area contributed by atoms with Gasteiger partial charge in [0.2, 0.25) is 17.7 Å². The lowest BCUT2D eigenvalue weighted by Crippen LogP contribution is -2.59. The van der Waals surface area contributed by atoms with Crippen LogP contribution in [0.4, 0.5) is 5.69 Å². The Labute approximate surface area is 254 Å². The highest BCUT2D eigenvalue weighted by Gasteiger charge is 2.74. The molecule has 4 aliphatic heterocycles. The Hall–Kier alpha value is -2.78. The van der Waals surface area contributed by atoms with Crippen LogP contribution in [0, 0.1) is 17.8 Å². The predicted molar refractivity (Wildman–Crippen MR) is 166 cm³/mol. The van der Waals surface area contributed by atoms with E-state index in [1.807, 2.05) is 69.0 Å². The van der Waals surface area contributed by atoms with Crippen LogP contribution in [0.3, 0.4) is 0 Å². The van der Waals surface area contributed by atoms with Crippen LogP contribution >= 0.6 is 11.8 Å². The third-order valence-electron chi connectivity index (χ3n) is 9.54. The van der Waals surface area contributed by atoms with Gasteiger partial charge in [0.05, 0.1) is 35.8 Å². The lowest BCUT2D eigenvalue weighted by Gasteiger charge is -2.41. The molecule has 1 aromatic carbocycles. The third-order valence-corrected chi connectivity index (χ3v) is 11.3. The van der Waals surface area contributed by atoms with Crippen LogP contribution in [0.25, 0.3) is 0 Å². The molecular weight excluding hydrogens is 550 g/mol. The van der Waals surface area contributed by atoms with Gasteiger partial charge in [0.15, 0.2) is 0 Å². The molecule has 1 spiro atoms. The van der Waals surface area contributed by atoms with Crippen molar-refractivity contribution in [3.8, 4) is 5.75 Å². The van der Waals surface area contributed by atoms with Crippen LogP contribution in [-0.2, 0) is 14.4 Å². The number of ether oxygens (including phenoxy) is 1. The number of benzene rings is 1.